The molecule has 1 unspecified atom stereocenters. The normalized spacial score (nSPS) is 18.5. The first-order valence-corrected chi connectivity index (χ1v) is 9.25. The molecule has 0 radical (unpaired) electrons. The lowest BCUT2D eigenvalue weighted by Gasteiger charge is -2.28. The number of hydrogen-bond acceptors (Lipinski definition) is 3. The van der Waals surface area contributed by atoms with Gasteiger partial charge in [0.2, 0.25) is 0 Å². The standard InChI is InChI=1S/C21H20ClNO3/c1-13-10-17(24)21-18(7-6-16(22)20(13)21)26-12-19(25)23-9-8-14-4-2-3-5-15(14)11-23/h2-7,13H,8-12H2,1H3. The van der Waals surface area contributed by atoms with E-state index in [-0.39, 0.29) is 24.2 Å². The molecule has 2 aromatic carbocycles. The molecule has 4 rings (SSSR count). The van der Waals surface area contributed by atoms with E-state index in [0.717, 1.165) is 12.0 Å². The quantitative estimate of drug-likeness (QED) is 0.821. The van der Waals surface area contributed by atoms with E-state index in [4.69, 9.17) is 16.3 Å². The Kier molecular flexibility index (Phi) is 4.45. The molecule has 0 fully saturated rings. The summed E-state index contributed by atoms with van der Waals surface area (Å²) in [7, 11) is 0. The molecule has 0 aromatic heterocycles. The second-order valence-corrected chi connectivity index (χ2v) is 7.39. The second-order valence-electron chi connectivity index (χ2n) is 6.99. The highest BCUT2D eigenvalue weighted by molar-refractivity contribution is 6.32. The van der Waals surface area contributed by atoms with Crippen LogP contribution in [0.1, 0.15) is 46.3 Å². The minimum atomic E-state index is -0.0715. The molecule has 0 saturated carbocycles. The fraction of sp³-hybridized carbons (Fsp3) is 0.333. The van der Waals surface area contributed by atoms with Crippen LogP contribution < -0.4 is 4.74 Å². The van der Waals surface area contributed by atoms with Crippen molar-refractivity contribution in [2.24, 2.45) is 0 Å². The molecule has 2 aliphatic rings. The third-order valence-electron chi connectivity index (χ3n) is 5.25. The van der Waals surface area contributed by atoms with E-state index in [1.807, 2.05) is 24.0 Å². The fourth-order valence-corrected chi connectivity index (χ4v) is 4.23. The Labute approximate surface area is 157 Å². The first-order valence-electron chi connectivity index (χ1n) is 8.87. The van der Waals surface area contributed by atoms with Gasteiger partial charge in [-0.2, -0.15) is 0 Å². The Bertz CT molecular complexity index is 893. The van der Waals surface area contributed by atoms with Crippen LogP contribution in [0.5, 0.6) is 5.75 Å². The Morgan fingerprint density at radius 2 is 2.00 bits per heavy atom. The van der Waals surface area contributed by atoms with Crippen molar-refractivity contribution in [2.75, 3.05) is 13.2 Å². The van der Waals surface area contributed by atoms with E-state index in [1.54, 1.807) is 12.1 Å². The largest absolute Gasteiger partial charge is 0.483 e. The van der Waals surface area contributed by atoms with E-state index < -0.39 is 0 Å². The average molecular weight is 370 g/mol. The lowest BCUT2D eigenvalue weighted by molar-refractivity contribution is -0.134. The van der Waals surface area contributed by atoms with Crippen LogP contribution in [0.4, 0.5) is 0 Å². The molecule has 1 atom stereocenters. The molecule has 2 aromatic rings. The summed E-state index contributed by atoms with van der Waals surface area (Å²) in [6.07, 6.45) is 1.29. The number of ether oxygens (including phenoxy) is 1. The molecule has 26 heavy (non-hydrogen) atoms. The number of halogens is 1. The number of amides is 1. The maximum absolute atomic E-state index is 12.6. The van der Waals surface area contributed by atoms with Crippen LogP contribution >= 0.6 is 11.6 Å². The summed E-state index contributed by atoms with van der Waals surface area (Å²) in [5.41, 5.74) is 3.87. The van der Waals surface area contributed by atoms with Gasteiger partial charge in [0, 0.05) is 24.5 Å². The van der Waals surface area contributed by atoms with Gasteiger partial charge in [0.15, 0.2) is 12.4 Å². The number of ketones is 1. The summed E-state index contributed by atoms with van der Waals surface area (Å²) in [4.78, 5) is 26.7. The maximum Gasteiger partial charge on any atom is 0.260 e. The molecule has 1 heterocycles. The molecular weight excluding hydrogens is 350 g/mol. The van der Waals surface area contributed by atoms with Crippen molar-refractivity contribution in [3.8, 4) is 5.75 Å². The Hall–Kier alpha value is -2.33. The highest BCUT2D eigenvalue weighted by atomic mass is 35.5. The molecule has 1 aliphatic heterocycles. The van der Waals surface area contributed by atoms with E-state index in [1.165, 1.54) is 11.1 Å². The Morgan fingerprint density at radius 3 is 2.81 bits per heavy atom. The molecule has 4 nitrogen and oxygen atoms in total. The van der Waals surface area contributed by atoms with Gasteiger partial charge in [-0.3, -0.25) is 9.59 Å². The molecule has 1 amide bonds. The van der Waals surface area contributed by atoms with Gasteiger partial charge in [-0.05, 0) is 41.2 Å². The average Bonchev–Trinajstić information content (AvgIpc) is 2.96. The third kappa shape index (κ3) is 2.99. The summed E-state index contributed by atoms with van der Waals surface area (Å²) in [6.45, 7) is 3.20. The van der Waals surface area contributed by atoms with Gasteiger partial charge >= 0.3 is 0 Å². The predicted octanol–water partition coefficient (Wildman–Crippen LogP) is 3.99. The highest BCUT2D eigenvalue weighted by Gasteiger charge is 2.32. The number of rotatable bonds is 3. The van der Waals surface area contributed by atoms with Crippen LogP contribution in [0.25, 0.3) is 0 Å². The second kappa shape index (κ2) is 6.76. The maximum atomic E-state index is 12.6. The van der Waals surface area contributed by atoms with Crippen LogP contribution in [0.15, 0.2) is 36.4 Å². The summed E-state index contributed by atoms with van der Waals surface area (Å²) in [5, 5.41) is 0.588. The summed E-state index contributed by atoms with van der Waals surface area (Å²) < 4.78 is 5.75. The molecule has 0 saturated heterocycles. The third-order valence-corrected chi connectivity index (χ3v) is 5.58. The highest BCUT2D eigenvalue weighted by Crippen LogP contribution is 2.42. The van der Waals surface area contributed by atoms with Crippen molar-refractivity contribution in [3.05, 3.63) is 63.7 Å². The molecule has 5 heteroatoms. The van der Waals surface area contributed by atoms with E-state index in [9.17, 15) is 9.59 Å². The molecule has 0 N–H and O–H groups in total. The lowest BCUT2D eigenvalue weighted by atomic mass is 10.00. The topological polar surface area (TPSA) is 46.6 Å². The fourth-order valence-electron chi connectivity index (χ4n) is 3.89. The van der Waals surface area contributed by atoms with Crippen LogP contribution in [-0.4, -0.2) is 29.7 Å². The van der Waals surface area contributed by atoms with Crippen molar-refractivity contribution < 1.29 is 14.3 Å². The van der Waals surface area contributed by atoms with Crippen LogP contribution in [0.3, 0.4) is 0 Å². The lowest BCUT2D eigenvalue weighted by Crippen LogP contribution is -2.38. The van der Waals surface area contributed by atoms with Gasteiger partial charge in [-0.1, -0.05) is 42.8 Å². The first-order chi connectivity index (χ1) is 12.5. The van der Waals surface area contributed by atoms with Crippen molar-refractivity contribution in [1.82, 2.24) is 4.90 Å². The molecule has 0 spiro atoms. The van der Waals surface area contributed by atoms with Gasteiger partial charge in [-0.15, -0.1) is 0 Å². The van der Waals surface area contributed by atoms with Gasteiger partial charge < -0.3 is 9.64 Å². The van der Waals surface area contributed by atoms with E-state index >= 15 is 0 Å². The van der Waals surface area contributed by atoms with Gasteiger partial charge in [0.1, 0.15) is 5.75 Å². The van der Waals surface area contributed by atoms with Crippen LogP contribution in [0, 0.1) is 0 Å². The number of carbonyl (C=O) groups excluding carboxylic acids is 2. The SMILES string of the molecule is CC1CC(=O)c2c(OCC(=O)N3CCc4ccccc4C3)ccc(Cl)c21. The molecule has 134 valence electrons. The summed E-state index contributed by atoms with van der Waals surface area (Å²) >= 11 is 6.25. The zero-order chi connectivity index (χ0) is 18.3. The zero-order valence-corrected chi connectivity index (χ0v) is 15.4. The predicted molar refractivity (Wildman–Crippen MR) is 99.9 cm³/mol. The molecule has 1 aliphatic carbocycles. The minimum absolute atomic E-state index is 0.0318. The smallest absolute Gasteiger partial charge is 0.260 e. The number of Topliss-reactive ketones (excluding diaryl/α,β-unsaturated/α-hetero) is 1. The van der Waals surface area contributed by atoms with Crippen LogP contribution in [0.2, 0.25) is 5.02 Å². The van der Waals surface area contributed by atoms with Gasteiger partial charge in [0.25, 0.3) is 5.91 Å². The van der Waals surface area contributed by atoms with Crippen molar-refractivity contribution in [2.45, 2.75) is 32.2 Å². The number of benzene rings is 2. The first kappa shape index (κ1) is 17.1. The van der Waals surface area contributed by atoms with Gasteiger partial charge in [0.05, 0.1) is 5.56 Å². The molecular formula is C21H20ClNO3. The van der Waals surface area contributed by atoms with Crippen LogP contribution in [-0.2, 0) is 17.8 Å². The number of carbonyl (C=O) groups is 2. The number of fused-ring (bicyclic) bond motifs is 2. The van der Waals surface area contributed by atoms with Crippen molar-refractivity contribution >= 4 is 23.3 Å². The zero-order valence-electron chi connectivity index (χ0n) is 14.6. The summed E-state index contributed by atoms with van der Waals surface area (Å²) in [6, 6.07) is 11.6. The molecule has 0 bridgehead atoms. The van der Waals surface area contributed by atoms with Crippen molar-refractivity contribution in [1.29, 1.82) is 0 Å². The van der Waals surface area contributed by atoms with Gasteiger partial charge in [-0.25, -0.2) is 0 Å². The summed E-state index contributed by atoms with van der Waals surface area (Å²) in [5.74, 6) is 0.512. The van der Waals surface area contributed by atoms with Crippen molar-refractivity contribution in [3.63, 3.8) is 0 Å². The van der Waals surface area contributed by atoms with E-state index in [0.29, 0.717) is 35.8 Å². The Morgan fingerprint density at radius 1 is 1.23 bits per heavy atom. The minimum Gasteiger partial charge on any atom is -0.483 e. The number of nitrogens with zero attached hydrogens (tertiary/aromatic N) is 1. The Balaban J connectivity index is 1.47. The number of hydrogen-bond donors (Lipinski definition) is 0. The van der Waals surface area contributed by atoms with E-state index in [2.05, 4.69) is 12.1 Å². The monoisotopic (exact) mass is 369 g/mol.